The number of nitrogens with two attached hydrogens (primary N) is 1. The quantitative estimate of drug-likeness (QED) is 0.533. The van der Waals surface area contributed by atoms with Crippen LogP contribution in [0, 0.1) is 5.41 Å². The number of hydrogen-bond acceptors (Lipinski definition) is 8. The third-order valence-corrected chi connectivity index (χ3v) is 8.82. The Bertz CT molecular complexity index is 1390. The first-order chi connectivity index (χ1) is 18.0. The zero-order chi connectivity index (χ0) is 25.1. The van der Waals surface area contributed by atoms with Gasteiger partial charge in [0.2, 0.25) is 0 Å². The lowest BCUT2D eigenvalue weighted by Gasteiger charge is -2.43. The molecule has 1 aliphatic carbocycles. The molecule has 38 heavy (non-hydrogen) atoms. The summed E-state index contributed by atoms with van der Waals surface area (Å²) in [6, 6.07) is 12.8. The maximum Gasteiger partial charge on any atom is 0.156 e. The lowest BCUT2D eigenvalue weighted by Crippen LogP contribution is -2.45. The van der Waals surface area contributed by atoms with Crippen LogP contribution in [-0.2, 0) is 19.4 Å². The molecule has 1 fully saturated rings. The zero-order valence-electron chi connectivity index (χ0n) is 21.3. The van der Waals surface area contributed by atoms with Crippen LogP contribution in [0.4, 0.5) is 11.5 Å². The molecule has 3 aliphatic heterocycles. The second-order valence-corrected chi connectivity index (χ2v) is 11.0. The molecule has 2 aromatic heterocycles. The van der Waals surface area contributed by atoms with Gasteiger partial charge in [-0.3, -0.25) is 9.98 Å². The average molecular weight is 512 g/mol. The normalized spacial score (nSPS) is 21.9. The van der Waals surface area contributed by atoms with Gasteiger partial charge in [-0.2, -0.15) is 0 Å². The predicted octanol–water partition coefficient (Wildman–Crippen LogP) is 4.12. The largest absolute Gasteiger partial charge is 0.387 e. The minimum atomic E-state index is -0.723. The molecule has 0 amide bonds. The molecule has 8 nitrogen and oxygen atoms in total. The Morgan fingerprint density at radius 3 is 2.66 bits per heavy atom. The summed E-state index contributed by atoms with van der Waals surface area (Å²) in [5.74, 6) is 1.64. The predicted molar refractivity (Wildman–Crippen MR) is 150 cm³/mol. The van der Waals surface area contributed by atoms with Crippen LogP contribution >= 0.6 is 0 Å². The van der Waals surface area contributed by atoms with Crippen LogP contribution in [-0.4, -0.2) is 45.5 Å². The average Bonchev–Trinajstić information content (AvgIpc) is 3.46. The molecular weight excluding hydrogens is 474 g/mol. The van der Waals surface area contributed by atoms with E-state index < -0.39 is 6.10 Å². The first-order valence-corrected chi connectivity index (χ1v) is 13.5. The van der Waals surface area contributed by atoms with Crippen LogP contribution < -0.4 is 15.5 Å². The second-order valence-electron chi connectivity index (χ2n) is 11.0. The highest BCUT2D eigenvalue weighted by Gasteiger charge is 2.46. The number of aromatic nitrogens is 3. The molecule has 1 aromatic carbocycles. The van der Waals surface area contributed by atoms with E-state index in [1.165, 1.54) is 11.1 Å². The number of aliphatic hydroxyl groups is 1. The minimum Gasteiger partial charge on any atom is -0.387 e. The summed E-state index contributed by atoms with van der Waals surface area (Å²) in [6.45, 7) is 4.87. The molecule has 1 saturated heterocycles. The fourth-order valence-electron chi connectivity index (χ4n) is 6.80. The standard InChI is InChI=1S/C29H33N7O.CH4/c1-18(37)24-28(35-14-10-29(11-15-35)16-19-6-2-3-7-20(19)26(29)30)33-22-17-32-27(25(22)34-24)36-13-5-8-21-23(36)9-4-12-31-21;/h2-4,6-7,9,12,18,26,37H,5,8,10-11,13-17,30H2,1H3;1H4/t18-,26-;/m1./s1. The number of rotatable bonds is 2. The number of aliphatic imine (C=N–C) groups is 1. The summed E-state index contributed by atoms with van der Waals surface area (Å²) in [5.41, 5.74) is 14.1. The highest BCUT2D eigenvalue weighted by molar-refractivity contribution is 6.11. The van der Waals surface area contributed by atoms with Crippen LogP contribution in [0.3, 0.4) is 0 Å². The number of amidine groups is 1. The molecule has 198 valence electrons. The Hall–Kier alpha value is -3.36. The molecule has 2 atom stereocenters. The van der Waals surface area contributed by atoms with Crippen molar-refractivity contribution in [1.82, 2.24) is 15.0 Å². The summed E-state index contributed by atoms with van der Waals surface area (Å²) in [4.78, 5) is 24.1. The van der Waals surface area contributed by atoms with Gasteiger partial charge < -0.3 is 20.6 Å². The highest BCUT2D eigenvalue weighted by Crippen LogP contribution is 2.51. The monoisotopic (exact) mass is 511 g/mol. The topological polar surface area (TPSA) is 104 Å². The number of aryl methyl sites for hydroxylation is 1. The molecular formula is C30H37N7O. The summed E-state index contributed by atoms with van der Waals surface area (Å²) < 4.78 is 0. The Morgan fingerprint density at radius 2 is 1.87 bits per heavy atom. The summed E-state index contributed by atoms with van der Waals surface area (Å²) in [6.07, 6.45) is 6.17. The first-order valence-electron chi connectivity index (χ1n) is 13.5. The van der Waals surface area contributed by atoms with Gasteiger partial charge in [-0.1, -0.05) is 31.7 Å². The molecule has 8 heteroatoms. The Morgan fingerprint density at radius 1 is 1.05 bits per heavy atom. The van der Waals surface area contributed by atoms with E-state index in [0.29, 0.717) is 12.2 Å². The fraction of sp³-hybridized carbons (Fsp3) is 0.467. The van der Waals surface area contributed by atoms with Crippen LogP contribution in [0.1, 0.15) is 79.7 Å². The fourth-order valence-corrected chi connectivity index (χ4v) is 6.80. The van der Waals surface area contributed by atoms with Crippen LogP contribution in [0.15, 0.2) is 47.6 Å². The first kappa shape index (κ1) is 24.9. The van der Waals surface area contributed by atoms with Gasteiger partial charge in [0.25, 0.3) is 0 Å². The second kappa shape index (κ2) is 9.43. The lowest BCUT2D eigenvalue weighted by molar-refractivity contribution is 0.182. The van der Waals surface area contributed by atoms with Gasteiger partial charge in [-0.25, -0.2) is 9.97 Å². The van der Waals surface area contributed by atoms with Crippen LogP contribution in [0.25, 0.3) is 0 Å². The summed E-state index contributed by atoms with van der Waals surface area (Å²) in [5, 5.41) is 10.8. The van der Waals surface area contributed by atoms with Gasteiger partial charge in [-0.15, -0.1) is 0 Å². The molecule has 3 aromatic rings. The molecule has 5 heterocycles. The van der Waals surface area contributed by atoms with Crippen molar-refractivity contribution in [2.45, 2.75) is 65.1 Å². The van der Waals surface area contributed by atoms with Crippen molar-refractivity contribution >= 4 is 17.3 Å². The zero-order valence-corrected chi connectivity index (χ0v) is 21.3. The van der Waals surface area contributed by atoms with Gasteiger partial charge in [-0.05, 0) is 67.7 Å². The Labute approximate surface area is 224 Å². The van der Waals surface area contributed by atoms with Gasteiger partial charge in [0.15, 0.2) is 11.7 Å². The van der Waals surface area contributed by atoms with Gasteiger partial charge in [0, 0.05) is 31.9 Å². The smallest absolute Gasteiger partial charge is 0.156 e. The number of aliphatic hydroxyl groups excluding tert-OH is 1. The van der Waals surface area contributed by atoms with Crippen molar-refractivity contribution in [1.29, 1.82) is 0 Å². The van der Waals surface area contributed by atoms with E-state index in [0.717, 1.165) is 86.2 Å². The van der Waals surface area contributed by atoms with E-state index in [1.807, 2.05) is 12.3 Å². The van der Waals surface area contributed by atoms with Crippen LogP contribution in [0.2, 0.25) is 0 Å². The van der Waals surface area contributed by atoms with E-state index >= 15 is 0 Å². The number of hydrogen-bond donors (Lipinski definition) is 2. The van der Waals surface area contributed by atoms with E-state index in [9.17, 15) is 5.11 Å². The van der Waals surface area contributed by atoms with Crippen molar-refractivity contribution in [3.05, 3.63) is 76.5 Å². The van der Waals surface area contributed by atoms with Crippen molar-refractivity contribution in [3.8, 4) is 0 Å². The highest BCUT2D eigenvalue weighted by atomic mass is 16.3. The van der Waals surface area contributed by atoms with E-state index in [1.54, 1.807) is 6.92 Å². The van der Waals surface area contributed by atoms with Gasteiger partial charge >= 0.3 is 0 Å². The van der Waals surface area contributed by atoms with Crippen molar-refractivity contribution in [2.75, 3.05) is 29.4 Å². The maximum absolute atomic E-state index is 10.8. The molecule has 3 N–H and O–H groups in total. The Kier molecular flexibility index (Phi) is 6.19. The van der Waals surface area contributed by atoms with E-state index in [4.69, 9.17) is 20.7 Å². The summed E-state index contributed by atoms with van der Waals surface area (Å²) >= 11 is 0. The lowest BCUT2D eigenvalue weighted by atomic mass is 9.73. The molecule has 4 aliphatic rings. The third kappa shape index (κ3) is 3.81. The van der Waals surface area contributed by atoms with Crippen molar-refractivity contribution in [2.24, 2.45) is 16.1 Å². The van der Waals surface area contributed by atoms with E-state index in [2.05, 4.69) is 45.1 Å². The number of benzene rings is 1. The van der Waals surface area contributed by atoms with Crippen LogP contribution in [0.5, 0.6) is 0 Å². The number of fused-ring (bicyclic) bond motifs is 3. The van der Waals surface area contributed by atoms with Crippen molar-refractivity contribution < 1.29 is 5.11 Å². The molecule has 0 bridgehead atoms. The summed E-state index contributed by atoms with van der Waals surface area (Å²) in [7, 11) is 0. The number of nitrogens with zero attached hydrogens (tertiary/aromatic N) is 6. The third-order valence-electron chi connectivity index (χ3n) is 8.82. The number of anilines is 2. The SMILES string of the molecule is C.C[C@@H](O)c1nc2c(nc1N1CCC3(CC1)Cc1ccccc1[C@H]3N)CN=C2N1CCCc2ncccc21. The number of pyridine rings is 1. The maximum atomic E-state index is 10.8. The Balaban J connectivity index is 0.00000264. The van der Waals surface area contributed by atoms with Crippen molar-refractivity contribution in [3.63, 3.8) is 0 Å². The van der Waals surface area contributed by atoms with E-state index in [-0.39, 0.29) is 18.9 Å². The molecule has 7 rings (SSSR count). The molecule has 0 saturated carbocycles. The van der Waals surface area contributed by atoms with Gasteiger partial charge in [0.1, 0.15) is 11.4 Å². The molecule has 0 unspecified atom stereocenters. The molecule has 0 radical (unpaired) electrons. The van der Waals surface area contributed by atoms with Gasteiger partial charge in [0.05, 0.1) is 29.7 Å². The minimum absolute atomic E-state index is 0. The molecule has 1 spiro atoms. The number of piperidine rings is 1.